The number of carbonyl (C=O) groups is 2. The summed E-state index contributed by atoms with van der Waals surface area (Å²) in [5, 5.41) is 3.60. The number of benzene rings is 3. The van der Waals surface area contributed by atoms with Crippen LogP contribution in [-0.2, 0) is 26.2 Å². The van der Waals surface area contributed by atoms with Crippen molar-refractivity contribution in [3.05, 3.63) is 92.9 Å². The van der Waals surface area contributed by atoms with Gasteiger partial charge < -0.3 is 10.2 Å². The van der Waals surface area contributed by atoms with E-state index < -0.39 is 28.5 Å². The second kappa shape index (κ2) is 13.0. The Bertz CT molecular complexity index is 1450. The molecule has 1 atom stereocenters. The van der Waals surface area contributed by atoms with E-state index in [4.69, 9.17) is 34.8 Å². The van der Waals surface area contributed by atoms with Gasteiger partial charge in [0.25, 0.3) is 10.0 Å². The normalized spacial score (nSPS) is 12.2. The molecule has 3 aromatic carbocycles. The van der Waals surface area contributed by atoms with Crippen molar-refractivity contribution in [3.8, 4) is 0 Å². The molecule has 0 heterocycles. The van der Waals surface area contributed by atoms with Crippen LogP contribution in [-0.4, -0.2) is 43.8 Å². The number of amides is 2. The summed E-state index contributed by atoms with van der Waals surface area (Å²) in [5.74, 6) is -0.993. The first-order valence-electron chi connectivity index (χ1n) is 12.2. The zero-order chi connectivity index (χ0) is 28.9. The molecule has 0 spiro atoms. The first-order valence-corrected chi connectivity index (χ1v) is 14.8. The Labute approximate surface area is 244 Å². The average Bonchev–Trinajstić information content (AvgIpc) is 2.87. The highest BCUT2D eigenvalue weighted by Gasteiger charge is 2.33. The summed E-state index contributed by atoms with van der Waals surface area (Å²) in [6.07, 6.45) is 0. The quantitative estimate of drug-likeness (QED) is 0.301. The molecule has 3 aromatic rings. The van der Waals surface area contributed by atoms with Crippen LogP contribution in [0.25, 0.3) is 0 Å². The molecule has 3 rings (SSSR count). The third-order valence-electron chi connectivity index (χ3n) is 5.94. The minimum Gasteiger partial charge on any atom is -0.352 e. The van der Waals surface area contributed by atoms with E-state index in [-0.39, 0.29) is 34.1 Å². The molecule has 0 fully saturated rings. The summed E-state index contributed by atoms with van der Waals surface area (Å²) in [5.41, 5.74) is 1.64. The van der Waals surface area contributed by atoms with Gasteiger partial charge in [0.05, 0.1) is 25.7 Å². The lowest BCUT2D eigenvalue weighted by atomic mass is 10.1. The second-order valence-electron chi connectivity index (χ2n) is 9.39. The SMILES string of the molecule is Cc1ccc(S(=O)(=O)N(CC(=O)N(Cc2ccc(Cl)c(Cl)c2)[C@H](C)C(=O)NC(C)C)c2ccccc2Cl)cc1. The number of hydrogen-bond acceptors (Lipinski definition) is 4. The Kier molecular flexibility index (Phi) is 10.3. The van der Waals surface area contributed by atoms with Gasteiger partial charge in [-0.3, -0.25) is 13.9 Å². The molecule has 0 unspecified atom stereocenters. The molecule has 208 valence electrons. The maximum Gasteiger partial charge on any atom is 0.264 e. The van der Waals surface area contributed by atoms with Crippen molar-refractivity contribution in [1.82, 2.24) is 10.2 Å². The summed E-state index contributed by atoms with van der Waals surface area (Å²) < 4.78 is 28.6. The maximum absolute atomic E-state index is 13.9. The fourth-order valence-corrected chi connectivity index (χ4v) is 5.87. The Morgan fingerprint density at radius 3 is 2.10 bits per heavy atom. The summed E-state index contributed by atoms with van der Waals surface area (Å²) in [4.78, 5) is 28.2. The van der Waals surface area contributed by atoms with Crippen LogP contribution in [0, 0.1) is 6.92 Å². The number of aryl methyl sites for hydroxylation is 1. The number of para-hydroxylation sites is 1. The maximum atomic E-state index is 13.9. The third-order valence-corrected chi connectivity index (χ3v) is 8.78. The van der Waals surface area contributed by atoms with Gasteiger partial charge in [-0.2, -0.15) is 0 Å². The zero-order valence-corrected chi connectivity index (χ0v) is 25.1. The molecule has 2 amide bonds. The molecule has 0 bridgehead atoms. The summed E-state index contributed by atoms with van der Waals surface area (Å²) in [6, 6.07) is 16.5. The monoisotopic (exact) mass is 609 g/mol. The molecule has 0 saturated carbocycles. The van der Waals surface area contributed by atoms with Crippen LogP contribution in [0.15, 0.2) is 71.6 Å². The van der Waals surface area contributed by atoms with E-state index in [0.717, 1.165) is 9.87 Å². The smallest absolute Gasteiger partial charge is 0.264 e. The van der Waals surface area contributed by atoms with Gasteiger partial charge in [-0.1, -0.05) is 70.7 Å². The summed E-state index contributed by atoms with van der Waals surface area (Å²) >= 11 is 18.7. The molecule has 1 N–H and O–H groups in total. The lowest BCUT2D eigenvalue weighted by Crippen LogP contribution is -2.52. The highest BCUT2D eigenvalue weighted by Crippen LogP contribution is 2.31. The number of anilines is 1. The van der Waals surface area contributed by atoms with Crippen molar-refractivity contribution in [2.75, 3.05) is 10.8 Å². The Morgan fingerprint density at radius 1 is 0.872 bits per heavy atom. The van der Waals surface area contributed by atoms with Crippen molar-refractivity contribution >= 4 is 62.3 Å². The molecule has 7 nitrogen and oxygen atoms in total. The van der Waals surface area contributed by atoms with E-state index in [0.29, 0.717) is 15.6 Å². The Balaban J connectivity index is 2.05. The molecule has 0 aliphatic rings. The van der Waals surface area contributed by atoms with E-state index in [1.165, 1.54) is 23.1 Å². The van der Waals surface area contributed by atoms with Crippen LogP contribution < -0.4 is 9.62 Å². The van der Waals surface area contributed by atoms with E-state index in [1.54, 1.807) is 55.5 Å². The lowest BCUT2D eigenvalue weighted by molar-refractivity contribution is -0.139. The van der Waals surface area contributed by atoms with Crippen LogP contribution in [0.1, 0.15) is 31.9 Å². The molecule has 0 saturated heterocycles. The molecule has 0 aliphatic carbocycles. The highest BCUT2D eigenvalue weighted by molar-refractivity contribution is 7.92. The number of nitrogens with one attached hydrogen (secondary N) is 1. The van der Waals surface area contributed by atoms with Gasteiger partial charge in [0.15, 0.2) is 0 Å². The Hall–Kier alpha value is -2.78. The van der Waals surface area contributed by atoms with Crippen molar-refractivity contribution in [3.63, 3.8) is 0 Å². The van der Waals surface area contributed by atoms with Gasteiger partial charge in [0, 0.05) is 12.6 Å². The molecule has 39 heavy (non-hydrogen) atoms. The number of rotatable bonds is 10. The zero-order valence-electron chi connectivity index (χ0n) is 22.0. The van der Waals surface area contributed by atoms with Gasteiger partial charge >= 0.3 is 0 Å². The predicted molar refractivity (Wildman–Crippen MR) is 157 cm³/mol. The number of sulfonamides is 1. The number of halogens is 3. The minimum absolute atomic E-state index is 0.00227. The van der Waals surface area contributed by atoms with Crippen LogP contribution in [0.3, 0.4) is 0 Å². The third kappa shape index (κ3) is 7.66. The first-order chi connectivity index (χ1) is 18.3. The average molecular weight is 611 g/mol. The van der Waals surface area contributed by atoms with Crippen molar-refractivity contribution in [2.24, 2.45) is 0 Å². The topological polar surface area (TPSA) is 86.8 Å². The fraction of sp³-hybridized carbons (Fsp3) is 0.286. The number of nitrogens with zero attached hydrogens (tertiary/aromatic N) is 2. The van der Waals surface area contributed by atoms with E-state index >= 15 is 0 Å². The largest absolute Gasteiger partial charge is 0.352 e. The summed E-state index contributed by atoms with van der Waals surface area (Å²) in [6.45, 7) is 6.44. The van der Waals surface area contributed by atoms with Crippen LogP contribution in [0.2, 0.25) is 15.1 Å². The Morgan fingerprint density at radius 2 is 1.51 bits per heavy atom. The predicted octanol–water partition coefficient (Wildman–Crippen LogP) is 6.09. The number of hydrogen-bond donors (Lipinski definition) is 1. The van der Waals surface area contributed by atoms with E-state index in [1.807, 2.05) is 20.8 Å². The van der Waals surface area contributed by atoms with Gasteiger partial charge in [0.2, 0.25) is 11.8 Å². The van der Waals surface area contributed by atoms with Crippen molar-refractivity contribution in [1.29, 1.82) is 0 Å². The first kappa shape index (κ1) is 30.8. The lowest BCUT2D eigenvalue weighted by Gasteiger charge is -2.32. The standard InChI is InChI=1S/C28H30Cl3N3O4S/c1-18(2)32-28(36)20(4)33(16-21-11-14-23(29)25(31)15-21)27(35)17-34(26-8-6-5-7-24(26)30)39(37,38)22-12-9-19(3)10-13-22/h5-15,18,20H,16-17H2,1-4H3,(H,32,36)/t20-/m1/s1. The van der Waals surface area contributed by atoms with Crippen LogP contribution >= 0.6 is 34.8 Å². The van der Waals surface area contributed by atoms with Crippen LogP contribution in [0.5, 0.6) is 0 Å². The highest BCUT2D eigenvalue weighted by atomic mass is 35.5. The molecule has 0 radical (unpaired) electrons. The molecule has 0 aliphatic heterocycles. The van der Waals surface area contributed by atoms with Crippen LogP contribution in [0.4, 0.5) is 5.69 Å². The summed E-state index contributed by atoms with van der Waals surface area (Å²) in [7, 11) is -4.21. The van der Waals surface area contributed by atoms with Gasteiger partial charge in [-0.05, 0) is 69.7 Å². The molecule has 0 aromatic heterocycles. The van der Waals surface area contributed by atoms with E-state index in [2.05, 4.69) is 5.32 Å². The number of carbonyl (C=O) groups excluding carboxylic acids is 2. The van der Waals surface area contributed by atoms with Crippen molar-refractivity contribution in [2.45, 2.75) is 51.2 Å². The minimum atomic E-state index is -4.21. The van der Waals surface area contributed by atoms with Gasteiger partial charge in [0.1, 0.15) is 12.6 Å². The van der Waals surface area contributed by atoms with Gasteiger partial charge in [-0.15, -0.1) is 0 Å². The molecule has 11 heteroatoms. The molecular formula is C28H30Cl3N3O4S. The van der Waals surface area contributed by atoms with Crippen molar-refractivity contribution < 1.29 is 18.0 Å². The molecular weight excluding hydrogens is 581 g/mol. The fourth-order valence-electron chi connectivity index (χ4n) is 3.83. The second-order valence-corrected chi connectivity index (χ2v) is 12.5. The van der Waals surface area contributed by atoms with Gasteiger partial charge in [-0.25, -0.2) is 8.42 Å². The van der Waals surface area contributed by atoms with E-state index in [9.17, 15) is 18.0 Å².